The summed E-state index contributed by atoms with van der Waals surface area (Å²) in [7, 11) is 0. The minimum Gasteiger partial charge on any atom is -0.494 e. The number of ether oxygens (including phenoxy) is 2. The van der Waals surface area contributed by atoms with E-state index in [2.05, 4.69) is 26.6 Å². The van der Waals surface area contributed by atoms with E-state index < -0.39 is 0 Å². The van der Waals surface area contributed by atoms with Gasteiger partial charge in [0.1, 0.15) is 11.5 Å². The van der Waals surface area contributed by atoms with E-state index in [0.29, 0.717) is 12.4 Å². The Kier molecular flexibility index (Phi) is 7.02. The molecule has 2 N–H and O–H groups in total. The maximum absolute atomic E-state index is 11.8. The first-order valence-electron chi connectivity index (χ1n) is 7.29. The van der Waals surface area contributed by atoms with Crippen LogP contribution < -0.4 is 20.1 Å². The van der Waals surface area contributed by atoms with Crippen molar-refractivity contribution in [1.82, 2.24) is 5.32 Å². The number of carbonyl (C=O) groups excluding carboxylic acids is 1. The van der Waals surface area contributed by atoms with Gasteiger partial charge in [-0.1, -0.05) is 15.9 Å². The fourth-order valence-electron chi connectivity index (χ4n) is 1.81. The van der Waals surface area contributed by atoms with E-state index in [-0.39, 0.29) is 17.6 Å². The van der Waals surface area contributed by atoms with E-state index in [4.69, 9.17) is 21.7 Å². The summed E-state index contributed by atoms with van der Waals surface area (Å²) in [6.45, 7) is 2.42. The first-order valence-corrected chi connectivity index (χ1v) is 8.49. The third-order valence-corrected chi connectivity index (χ3v) is 3.59. The van der Waals surface area contributed by atoms with Gasteiger partial charge in [0.05, 0.1) is 6.61 Å². The molecule has 5 nitrogen and oxygen atoms in total. The predicted octanol–water partition coefficient (Wildman–Crippen LogP) is 3.74. The summed E-state index contributed by atoms with van der Waals surface area (Å²) in [5, 5.41) is 5.71. The lowest BCUT2D eigenvalue weighted by Crippen LogP contribution is -2.37. The lowest BCUT2D eigenvalue weighted by Gasteiger charge is -2.11. The van der Waals surface area contributed by atoms with Crippen LogP contribution in [0.2, 0.25) is 0 Å². The van der Waals surface area contributed by atoms with Crippen molar-refractivity contribution in [1.29, 1.82) is 0 Å². The maximum atomic E-state index is 11.8. The second-order valence-electron chi connectivity index (χ2n) is 4.70. The summed E-state index contributed by atoms with van der Waals surface area (Å²) in [4.78, 5) is 11.8. The summed E-state index contributed by atoms with van der Waals surface area (Å²) in [6, 6.07) is 14.5. The lowest BCUT2D eigenvalue weighted by atomic mass is 10.3. The van der Waals surface area contributed by atoms with E-state index in [1.807, 2.05) is 43.3 Å². The highest BCUT2D eigenvalue weighted by Crippen LogP contribution is 2.16. The molecule has 2 rings (SSSR count). The van der Waals surface area contributed by atoms with E-state index in [9.17, 15) is 4.79 Å². The Labute approximate surface area is 154 Å². The number of hydrogen-bond donors (Lipinski definition) is 2. The molecule has 0 aliphatic carbocycles. The minimum absolute atomic E-state index is 0.118. The molecule has 1 amide bonds. The van der Waals surface area contributed by atoms with Crippen LogP contribution in [0.5, 0.6) is 11.5 Å². The average Bonchev–Trinajstić information content (AvgIpc) is 2.56. The van der Waals surface area contributed by atoms with Crippen LogP contribution in [0.15, 0.2) is 53.0 Å². The van der Waals surface area contributed by atoms with Gasteiger partial charge in [0.25, 0.3) is 5.91 Å². The summed E-state index contributed by atoms with van der Waals surface area (Å²) in [5.41, 5.74) is 0.762. The molecule has 0 radical (unpaired) electrons. The second-order valence-corrected chi connectivity index (χ2v) is 6.03. The maximum Gasteiger partial charge on any atom is 0.264 e. The number of hydrogen-bond acceptors (Lipinski definition) is 4. The molecule has 0 heterocycles. The van der Waals surface area contributed by atoms with Gasteiger partial charge in [-0.15, -0.1) is 0 Å². The largest absolute Gasteiger partial charge is 0.494 e. The highest BCUT2D eigenvalue weighted by Gasteiger charge is 2.06. The van der Waals surface area contributed by atoms with Crippen LogP contribution in [0.25, 0.3) is 0 Å². The van der Waals surface area contributed by atoms with Gasteiger partial charge in [-0.2, -0.15) is 0 Å². The fraction of sp³-hybridized carbons (Fsp3) is 0.176. The van der Waals surface area contributed by atoms with Crippen LogP contribution in [-0.2, 0) is 4.79 Å². The molecule has 126 valence electrons. The van der Waals surface area contributed by atoms with Gasteiger partial charge in [-0.25, -0.2) is 0 Å². The Balaban J connectivity index is 1.76. The van der Waals surface area contributed by atoms with Crippen LogP contribution in [0.1, 0.15) is 6.92 Å². The number of amides is 1. The first kappa shape index (κ1) is 18.2. The van der Waals surface area contributed by atoms with E-state index in [1.165, 1.54) is 0 Å². The zero-order chi connectivity index (χ0) is 17.4. The second kappa shape index (κ2) is 9.24. The van der Waals surface area contributed by atoms with Crippen LogP contribution in [0.3, 0.4) is 0 Å². The van der Waals surface area contributed by atoms with E-state index >= 15 is 0 Å². The predicted molar refractivity (Wildman–Crippen MR) is 102 cm³/mol. The molecular weight excluding hydrogens is 392 g/mol. The van der Waals surface area contributed by atoms with Gasteiger partial charge >= 0.3 is 0 Å². The number of halogens is 1. The van der Waals surface area contributed by atoms with Crippen molar-refractivity contribution in [2.75, 3.05) is 18.5 Å². The van der Waals surface area contributed by atoms with E-state index in [1.54, 1.807) is 12.1 Å². The van der Waals surface area contributed by atoms with Crippen LogP contribution in [0.4, 0.5) is 5.69 Å². The molecule has 7 heteroatoms. The van der Waals surface area contributed by atoms with Crippen molar-refractivity contribution in [2.24, 2.45) is 0 Å². The molecule has 0 bridgehead atoms. The molecule has 24 heavy (non-hydrogen) atoms. The molecule has 0 spiro atoms. The topological polar surface area (TPSA) is 59.6 Å². The van der Waals surface area contributed by atoms with Crippen molar-refractivity contribution >= 4 is 44.9 Å². The first-order chi connectivity index (χ1) is 11.6. The lowest BCUT2D eigenvalue weighted by molar-refractivity contribution is -0.121. The Morgan fingerprint density at radius 1 is 1.04 bits per heavy atom. The highest BCUT2D eigenvalue weighted by molar-refractivity contribution is 9.10. The highest BCUT2D eigenvalue weighted by atomic mass is 79.9. The van der Waals surface area contributed by atoms with E-state index in [0.717, 1.165) is 15.9 Å². The molecule has 0 atom stereocenters. The van der Waals surface area contributed by atoms with Crippen LogP contribution in [0, 0.1) is 0 Å². The fourth-order valence-corrected chi connectivity index (χ4v) is 2.30. The monoisotopic (exact) mass is 408 g/mol. The van der Waals surface area contributed by atoms with Crippen LogP contribution in [-0.4, -0.2) is 24.2 Å². The number of thiocarbonyl (C=S) groups is 1. The Morgan fingerprint density at radius 3 is 2.25 bits per heavy atom. The number of benzene rings is 2. The standard InChI is InChI=1S/C17H17BrN2O3S/c1-2-22-14-9-5-13(6-10-14)19-17(24)20-16(21)11-23-15-7-3-12(18)4-8-15/h3-10H,2,11H2,1H3,(H2,19,20,21,24). The van der Waals surface area contributed by atoms with Gasteiger partial charge in [0, 0.05) is 10.2 Å². The number of nitrogens with one attached hydrogen (secondary N) is 2. The van der Waals surface area contributed by atoms with Crippen LogP contribution >= 0.6 is 28.1 Å². The summed E-state index contributed by atoms with van der Waals surface area (Å²) in [6.07, 6.45) is 0. The number of carbonyl (C=O) groups is 1. The molecule has 0 saturated carbocycles. The molecule has 0 saturated heterocycles. The third kappa shape index (κ3) is 6.17. The Bertz CT molecular complexity index is 690. The van der Waals surface area contributed by atoms with Crippen molar-refractivity contribution < 1.29 is 14.3 Å². The Morgan fingerprint density at radius 2 is 1.62 bits per heavy atom. The SMILES string of the molecule is CCOc1ccc(NC(=S)NC(=O)COc2ccc(Br)cc2)cc1. The van der Waals surface area contributed by atoms with Crippen molar-refractivity contribution in [3.63, 3.8) is 0 Å². The molecule has 0 aliphatic heterocycles. The quantitative estimate of drug-likeness (QED) is 0.712. The van der Waals surface area contributed by atoms with Gasteiger partial charge < -0.3 is 14.8 Å². The zero-order valence-corrected chi connectivity index (χ0v) is 15.4. The average molecular weight is 409 g/mol. The molecule has 0 fully saturated rings. The summed E-state index contributed by atoms with van der Waals surface area (Å²) < 4.78 is 11.7. The molecule has 2 aromatic rings. The van der Waals surface area contributed by atoms with Gasteiger partial charge in [0.15, 0.2) is 11.7 Å². The van der Waals surface area contributed by atoms with Gasteiger partial charge in [-0.3, -0.25) is 10.1 Å². The van der Waals surface area contributed by atoms with Gasteiger partial charge in [0.2, 0.25) is 0 Å². The van der Waals surface area contributed by atoms with Crippen molar-refractivity contribution in [3.05, 3.63) is 53.0 Å². The third-order valence-electron chi connectivity index (χ3n) is 2.86. The van der Waals surface area contributed by atoms with Crippen molar-refractivity contribution in [3.8, 4) is 11.5 Å². The number of rotatable bonds is 6. The zero-order valence-electron chi connectivity index (χ0n) is 13.0. The normalized spacial score (nSPS) is 9.92. The number of anilines is 1. The van der Waals surface area contributed by atoms with Crippen molar-refractivity contribution in [2.45, 2.75) is 6.92 Å². The molecule has 0 aromatic heterocycles. The van der Waals surface area contributed by atoms with Gasteiger partial charge in [-0.05, 0) is 67.7 Å². The Hall–Kier alpha value is -2.12. The molecular formula is C17H17BrN2O3S. The molecule has 2 aromatic carbocycles. The smallest absolute Gasteiger partial charge is 0.264 e. The minimum atomic E-state index is -0.332. The molecule has 0 unspecified atom stereocenters. The summed E-state index contributed by atoms with van der Waals surface area (Å²) in [5.74, 6) is 1.06. The molecule has 0 aliphatic rings. The summed E-state index contributed by atoms with van der Waals surface area (Å²) >= 11 is 8.44.